The van der Waals surface area contributed by atoms with Crippen molar-refractivity contribution in [2.24, 2.45) is 5.73 Å². The molecule has 0 saturated carbocycles. The molecule has 0 aliphatic rings. The first-order valence-corrected chi connectivity index (χ1v) is 7.49. The molecule has 0 saturated heterocycles. The highest BCUT2D eigenvalue weighted by Gasteiger charge is 2.11. The van der Waals surface area contributed by atoms with E-state index >= 15 is 0 Å². The van der Waals surface area contributed by atoms with Gasteiger partial charge in [0.05, 0.1) is 27.4 Å². The van der Waals surface area contributed by atoms with Crippen LogP contribution in [0.15, 0.2) is 48.8 Å². The monoisotopic (exact) mass is 319 g/mol. The van der Waals surface area contributed by atoms with Gasteiger partial charge in [0, 0.05) is 12.6 Å². The molecule has 1 heterocycles. The van der Waals surface area contributed by atoms with Crippen molar-refractivity contribution in [2.45, 2.75) is 19.0 Å². The van der Waals surface area contributed by atoms with Gasteiger partial charge in [-0.1, -0.05) is 47.5 Å². The number of benzene rings is 2. The maximum atomic E-state index is 6.26. The summed E-state index contributed by atoms with van der Waals surface area (Å²) < 4.78 is 2.07. The normalized spacial score (nSPS) is 12.7. The molecule has 3 rings (SSSR count). The van der Waals surface area contributed by atoms with Crippen LogP contribution in [0.2, 0.25) is 10.0 Å². The van der Waals surface area contributed by atoms with Crippen LogP contribution in [-0.4, -0.2) is 15.6 Å². The summed E-state index contributed by atoms with van der Waals surface area (Å²) in [5, 5.41) is 1.15. The minimum Gasteiger partial charge on any atom is -0.329 e. The van der Waals surface area contributed by atoms with Gasteiger partial charge in [0.15, 0.2) is 0 Å². The fourth-order valence-electron chi connectivity index (χ4n) is 2.46. The van der Waals surface area contributed by atoms with Gasteiger partial charge in [0.2, 0.25) is 0 Å². The third-order valence-corrected chi connectivity index (χ3v) is 4.33. The Kier molecular flexibility index (Phi) is 4.15. The number of hydrogen-bond acceptors (Lipinski definition) is 2. The van der Waals surface area contributed by atoms with E-state index in [-0.39, 0.29) is 6.04 Å². The smallest absolute Gasteiger partial charge is 0.0958 e. The Hall–Kier alpha value is -1.55. The molecule has 0 spiro atoms. The summed E-state index contributed by atoms with van der Waals surface area (Å²) in [5.41, 5.74) is 9.30. The fraction of sp³-hybridized carbons (Fsp3) is 0.188. The van der Waals surface area contributed by atoms with E-state index in [9.17, 15) is 0 Å². The van der Waals surface area contributed by atoms with Gasteiger partial charge < -0.3 is 10.3 Å². The quantitative estimate of drug-likeness (QED) is 0.792. The van der Waals surface area contributed by atoms with Crippen molar-refractivity contribution >= 4 is 34.2 Å². The summed E-state index contributed by atoms with van der Waals surface area (Å²) in [6.07, 6.45) is 2.50. The second-order valence-electron chi connectivity index (χ2n) is 5.06. The zero-order valence-corrected chi connectivity index (χ0v) is 12.8. The van der Waals surface area contributed by atoms with Crippen LogP contribution in [0.4, 0.5) is 0 Å². The molecule has 1 aromatic heterocycles. The summed E-state index contributed by atoms with van der Waals surface area (Å²) in [6, 6.07) is 13.6. The van der Waals surface area contributed by atoms with Gasteiger partial charge in [0.1, 0.15) is 0 Å². The molecule has 21 heavy (non-hydrogen) atoms. The van der Waals surface area contributed by atoms with E-state index in [4.69, 9.17) is 28.9 Å². The number of hydrogen-bond donors (Lipinski definition) is 1. The molecule has 0 aliphatic heterocycles. The molecule has 3 aromatic rings. The number of nitrogens with two attached hydrogens (primary N) is 1. The predicted octanol–water partition coefficient (Wildman–Crippen LogP) is 3.91. The standard InChI is InChI=1S/C16H15Cl2N3/c17-13-5-3-4-11(16(13)18)8-12(19)9-21-10-20-14-6-1-2-7-15(14)21/h1-7,10,12H,8-9,19H2. The van der Waals surface area contributed by atoms with Crippen LogP contribution >= 0.6 is 23.2 Å². The van der Waals surface area contributed by atoms with Gasteiger partial charge in [-0.15, -0.1) is 0 Å². The second-order valence-corrected chi connectivity index (χ2v) is 5.85. The molecular formula is C16H15Cl2N3. The lowest BCUT2D eigenvalue weighted by Crippen LogP contribution is -2.28. The lowest BCUT2D eigenvalue weighted by atomic mass is 10.1. The van der Waals surface area contributed by atoms with Gasteiger partial charge in [-0.2, -0.15) is 0 Å². The predicted molar refractivity (Wildman–Crippen MR) is 87.9 cm³/mol. The molecule has 0 fully saturated rings. The van der Waals surface area contributed by atoms with Crippen molar-refractivity contribution in [1.82, 2.24) is 9.55 Å². The van der Waals surface area contributed by atoms with Crippen molar-refractivity contribution in [3.05, 3.63) is 64.4 Å². The summed E-state index contributed by atoms with van der Waals surface area (Å²) in [7, 11) is 0. The Labute approximate surface area is 133 Å². The van der Waals surface area contributed by atoms with Gasteiger partial charge in [-0.3, -0.25) is 0 Å². The SMILES string of the molecule is NC(Cc1cccc(Cl)c1Cl)Cn1cnc2ccccc21. The topological polar surface area (TPSA) is 43.8 Å². The third-order valence-electron chi connectivity index (χ3n) is 3.47. The number of aromatic nitrogens is 2. The maximum absolute atomic E-state index is 6.26. The zero-order valence-electron chi connectivity index (χ0n) is 11.3. The summed E-state index contributed by atoms with van der Waals surface area (Å²) in [4.78, 5) is 4.37. The molecule has 108 valence electrons. The minimum absolute atomic E-state index is 0.0569. The van der Waals surface area contributed by atoms with Crippen LogP contribution in [0.3, 0.4) is 0 Å². The van der Waals surface area contributed by atoms with Gasteiger partial charge >= 0.3 is 0 Å². The third kappa shape index (κ3) is 3.05. The first-order valence-electron chi connectivity index (χ1n) is 6.73. The fourth-order valence-corrected chi connectivity index (χ4v) is 2.86. The second kappa shape index (κ2) is 6.06. The Morgan fingerprint density at radius 3 is 2.76 bits per heavy atom. The van der Waals surface area contributed by atoms with Crippen molar-refractivity contribution in [1.29, 1.82) is 0 Å². The number of fused-ring (bicyclic) bond motifs is 1. The molecule has 2 N–H and O–H groups in total. The molecule has 0 aliphatic carbocycles. The number of halogens is 2. The van der Waals surface area contributed by atoms with Gasteiger partial charge in [-0.25, -0.2) is 4.98 Å². The molecule has 2 aromatic carbocycles. The molecule has 5 heteroatoms. The van der Waals surface area contributed by atoms with E-state index in [0.717, 1.165) is 16.6 Å². The summed E-state index contributed by atoms with van der Waals surface area (Å²) in [6.45, 7) is 0.684. The minimum atomic E-state index is -0.0569. The molecule has 1 atom stereocenters. The van der Waals surface area contributed by atoms with E-state index in [2.05, 4.69) is 9.55 Å². The highest BCUT2D eigenvalue weighted by atomic mass is 35.5. The van der Waals surface area contributed by atoms with E-state index < -0.39 is 0 Å². The van der Waals surface area contributed by atoms with Crippen LogP contribution in [0.25, 0.3) is 11.0 Å². The Morgan fingerprint density at radius 1 is 1.10 bits per heavy atom. The summed E-state index contributed by atoms with van der Waals surface area (Å²) >= 11 is 12.2. The van der Waals surface area contributed by atoms with E-state index in [1.807, 2.05) is 42.7 Å². The average Bonchev–Trinajstić information content (AvgIpc) is 2.87. The molecule has 0 radical (unpaired) electrons. The Balaban J connectivity index is 1.77. The van der Waals surface area contributed by atoms with E-state index in [0.29, 0.717) is 23.0 Å². The molecule has 0 bridgehead atoms. The van der Waals surface area contributed by atoms with E-state index in [1.165, 1.54) is 0 Å². The summed E-state index contributed by atoms with van der Waals surface area (Å²) in [5.74, 6) is 0. The van der Waals surface area contributed by atoms with Gasteiger partial charge in [-0.05, 0) is 30.2 Å². The lowest BCUT2D eigenvalue weighted by molar-refractivity contribution is 0.559. The van der Waals surface area contributed by atoms with Crippen LogP contribution in [0, 0.1) is 0 Å². The average molecular weight is 320 g/mol. The molecule has 0 amide bonds. The van der Waals surface area contributed by atoms with Crippen molar-refractivity contribution in [2.75, 3.05) is 0 Å². The number of nitrogens with zero attached hydrogens (tertiary/aromatic N) is 2. The highest BCUT2D eigenvalue weighted by Crippen LogP contribution is 2.26. The first kappa shape index (κ1) is 14.4. The molecule has 1 unspecified atom stereocenters. The van der Waals surface area contributed by atoms with E-state index in [1.54, 1.807) is 6.07 Å². The van der Waals surface area contributed by atoms with Crippen molar-refractivity contribution < 1.29 is 0 Å². The zero-order chi connectivity index (χ0) is 14.8. The van der Waals surface area contributed by atoms with Crippen LogP contribution in [0.5, 0.6) is 0 Å². The first-order chi connectivity index (χ1) is 10.1. The highest BCUT2D eigenvalue weighted by molar-refractivity contribution is 6.42. The van der Waals surface area contributed by atoms with Crippen LogP contribution in [-0.2, 0) is 13.0 Å². The maximum Gasteiger partial charge on any atom is 0.0958 e. The number of imidazole rings is 1. The largest absolute Gasteiger partial charge is 0.329 e. The van der Waals surface area contributed by atoms with Crippen LogP contribution in [0.1, 0.15) is 5.56 Å². The molecule has 3 nitrogen and oxygen atoms in total. The lowest BCUT2D eigenvalue weighted by Gasteiger charge is -2.14. The van der Waals surface area contributed by atoms with Gasteiger partial charge in [0.25, 0.3) is 0 Å². The van der Waals surface area contributed by atoms with Crippen LogP contribution < -0.4 is 5.73 Å². The Morgan fingerprint density at radius 2 is 1.90 bits per heavy atom. The van der Waals surface area contributed by atoms with Crippen molar-refractivity contribution in [3.63, 3.8) is 0 Å². The van der Waals surface area contributed by atoms with Crippen molar-refractivity contribution in [3.8, 4) is 0 Å². The molecular weight excluding hydrogens is 305 g/mol. The number of rotatable bonds is 4. The Bertz CT molecular complexity index is 767. The number of para-hydroxylation sites is 2.